The minimum absolute atomic E-state index is 0.0202. The normalized spacial score (nSPS) is 19.6. The Labute approximate surface area is 164 Å². The molecule has 1 aromatic rings. The zero-order valence-corrected chi connectivity index (χ0v) is 16.3. The number of benzene rings is 1. The van der Waals surface area contributed by atoms with Crippen molar-refractivity contribution in [2.45, 2.75) is 20.8 Å². The molecule has 0 saturated carbocycles. The van der Waals surface area contributed by atoms with E-state index in [1.54, 1.807) is 42.5 Å². The number of nitrogens with zero attached hydrogens (tertiary/aromatic N) is 1. The number of aliphatic imine (C=N–C) groups is 1. The van der Waals surface area contributed by atoms with Crippen LogP contribution < -0.4 is 14.8 Å². The highest BCUT2D eigenvalue weighted by Gasteiger charge is 2.27. The summed E-state index contributed by atoms with van der Waals surface area (Å²) in [7, 11) is 0. The highest BCUT2D eigenvalue weighted by Crippen LogP contribution is 2.31. The summed E-state index contributed by atoms with van der Waals surface area (Å²) < 4.78 is 10.8. The molecule has 1 aromatic carbocycles. The van der Waals surface area contributed by atoms with E-state index >= 15 is 0 Å². The van der Waals surface area contributed by atoms with Gasteiger partial charge in [0.25, 0.3) is 5.91 Å². The first kappa shape index (κ1) is 19.6. The average molecular weight is 380 g/mol. The lowest BCUT2D eigenvalue weighted by atomic mass is 9.82. The Hall–Kier alpha value is -3.15. The van der Waals surface area contributed by atoms with Crippen LogP contribution in [0, 0.1) is 11.8 Å². The summed E-state index contributed by atoms with van der Waals surface area (Å²) in [4.78, 5) is 28.1. The molecule has 0 bridgehead atoms. The Balaban J connectivity index is 1.63. The maximum absolute atomic E-state index is 12.2. The maximum Gasteiger partial charge on any atom is 0.284 e. The standard InChI is InChI=1S/C22H24N2O4/c1-4-27-16-6-8-17(9-7-16)28-13-22(26)23-15-5-10-18-19(14(2)3)12-21(25)24-20(18)11-15/h5-12,14,18H,4,13H2,1-3H3,(H,24,25). The maximum atomic E-state index is 12.2. The van der Waals surface area contributed by atoms with Crippen LogP contribution in [0.5, 0.6) is 11.5 Å². The van der Waals surface area contributed by atoms with Gasteiger partial charge in [-0.25, -0.2) is 4.99 Å². The monoisotopic (exact) mass is 380 g/mol. The molecule has 1 atom stereocenters. The number of fused-ring (bicyclic) bond motifs is 1. The molecule has 146 valence electrons. The van der Waals surface area contributed by atoms with E-state index in [2.05, 4.69) is 24.2 Å². The first-order valence-corrected chi connectivity index (χ1v) is 9.35. The van der Waals surface area contributed by atoms with Gasteiger partial charge in [0.05, 0.1) is 12.3 Å². The number of hydrogen-bond acceptors (Lipinski definition) is 4. The van der Waals surface area contributed by atoms with Gasteiger partial charge >= 0.3 is 0 Å². The lowest BCUT2D eigenvalue weighted by molar-refractivity contribution is -0.119. The number of nitrogens with one attached hydrogen (secondary N) is 1. The second kappa shape index (κ2) is 8.69. The Morgan fingerprint density at radius 3 is 2.46 bits per heavy atom. The largest absolute Gasteiger partial charge is 0.494 e. The van der Waals surface area contributed by atoms with Crippen molar-refractivity contribution >= 4 is 17.5 Å². The molecule has 1 N–H and O–H groups in total. The molecule has 0 spiro atoms. The summed E-state index contributed by atoms with van der Waals surface area (Å²) in [5, 5.41) is 2.84. The van der Waals surface area contributed by atoms with Gasteiger partial charge in [0, 0.05) is 17.7 Å². The first-order chi connectivity index (χ1) is 13.5. The van der Waals surface area contributed by atoms with Crippen LogP contribution in [0.25, 0.3) is 0 Å². The van der Waals surface area contributed by atoms with Gasteiger partial charge < -0.3 is 14.8 Å². The molecular weight excluding hydrogens is 356 g/mol. The van der Waals surface area contributed by atoms with Crippen LogP contribution in [0.3, 0.4) is 0 Å². The Kier molecular flexibility index (Phi) is 6.09. The van der Waals surface area contributed by atoms with Gasteiger partial charge in [0.15, 0.2) is 6.61 Å². The Bertz CT molecular complexity index is 876. The van der Waals surface area contributed by atoms with E-state index in [4.69, 9.17) is 9.47 Å². The van der Waals surface area contributed by atoms with Crippen molar-refractivity contribution in [3.05, 3.63) is 59.8 Å². The molecule has 1 unspecified atom stereocenters. The van der Waals surface area contributed by atoms with Crippen molar-refractivity contribution in [2.24, 2.45) is 16.8 Å². The zero-order valence-electron chi connectivity index (χ0n) is 16.3. The van der Waals surface area contributed by atoms with E-state index in [9.17, 15) is 9.59 Å². The molecule has 28 heavy (non-hydrogen) atoms. The Morgan fingerprint density at radius 1 is 1.14 bits per heavy atom. The average Bonchev–Trinajstić information content (AvgIpc) is 2.66. The number of ether oxygens (including phenoxy) is 2. The fourth-order valence-electron chi connectivity index (χ4n) is 3.14. The first-order valence-electron chi connectivity index (χ1n) is 9.35. The van der Waals surface area contributed by atoms with Gasteiger partial charge in [-0.2, -0.15) is 0 Å². The number of hydrogen-bond donors (Lipinski definition) is 1. The highest BCUT2D eigenvalue weighted by molar-refractivity contribution is 6.11. The van der Waals surface area contributed by atoms with Gasteiger partial charge in [-0.1, -0.05) is 19.9 Å². The number of rotatable bonds is 6. The van der Waals surface area contributed by atoms with E-state index < -0.39 is 5.91 Å². The van der Waals surface area contributed by atoms with E-state index in [0.29, 0.717) is 18.1 Å². The van der Waals surface area contributed by atoms with E-state index in [-0.39, 0.29) is 24.3 Å². The third kappa shape index (κ3) is 4.76. The molecule has 1 aliphatic carbocycles. The molecule has 1 heterocycles. The zero-order chi connectivity index (χ0) is 20.1. The number of carbonyl (C=O) groups is 2. The van der Waals surface area contributed by atoms with E-state index in [0.717, 1.165) is 17.0 Å². The van der Waals surface area contributed by atoms with Gasteiger partial charge in [-0.3, -0.25) is 9.59 Å². The Morgan fingerprint density at radius 2 is 1.82 bits per heavy atom. The summed E-state index contributed by atoms with van der Waals surface area (Å²) >= 11 is 0. The van der Waals surface area contributed by atoms with Crippen LogP contribution in [0.1, 0.15) is 20.8 Å². The van der Waals surface area contributed by atoms with Crippen LogP contribution in [-0.2, 0) is 9.59 Å². The smallest absolute Gasteiger partial charge is 0.284 e. The molecule has 1 aliphatic heterocycles. The van der Waals surface area contributed by atoms with Crippen LogP contribution in [-0.4, -0.2) is 30.7 Å². The molecule has 3 rings (SSSR count). The molecule has 6 nitrogen and oxygen atoms in total. The third-order valence-electron chi connectivity index (χ3n) is 4.44. The van der Waals surface area contributed by atoms with Crippen LogP contribution in [0.15, 0.2) is 64.8 Å². The molecule has 0 aromatic heterocycles. The molecular formula is C22H24N2O4. The van der Waals surface area contributed by atoms with Crippen molar-refractivity contribution in [1.82, 2.24) is 5.32 Å². The molecule has 2 aliphatic rings. The molecule has 0 fully saturated rings. The fourth-order valence-corrected chi connectivity index (χ4v) is 3.14. The fraction of sp³-hybridized carbons (Fsp3) is 0.318. The van der Waals surface area contributed by atoms with Crippen LogP contribution in [0.4, 0.5) is 0 Å². The molecule has 2 amide bonds. The number of allylic oxidation sites excluding steroid dienone is 3. The van der Waals surface area contributed by atoms with Gasteiger partial charge in [0.1, 0.15) is 11.5 Å². The van der Waals surface area contributed by atoms with E-state index in [1.807, 2.05) is 13.0 Å². The van der Waals surface area contributed by atoms with Crippen molar-refractivity contribution in [3.63, 3.8) is 0 Å². The van der Waals surface area contributed by atoms with Crippen molar-refractivity contribution in [3.8, 4) is 11.5 Å². The highest BCUT2D eigenvalue weighted by atomic mass is 16.5. The summed E-state index contributed by atoms with van der Waals surface area (Å²) in [6.45, 7) is 6.46. The second-order valence-electron chi connectivity index (χ2n) is 6.85. The second-order valence-corrected chi connectivity index (χ2v) is 6.85. The minimum atomic E-state index is -0.398. The van der Waals surface area contributed by atoms with Crippen molar-refractivity contribution in [1.29, 1.82) is 0 Å². The minimum Gasteiger partial charge on any atom is -0.494 e. The lowest BCUT2D eigenvalue weighted by Crippen LogP contribution is -2.34. The predicted octanol–water partition coefficient (Wildman–Crippen LogP) is 3.21. The van der Waals surface area contributed by atoms with Crippen LogP contribution in [0.2, 0.25) is 0 Å². The van der Waals surface area contributed by atoms with Gasteiger partial charge in [0.2, 0.25) is 5.91 Å². The summed E-state index contributed by atoms with van der Waals surface area (Å²) in [5.74, 6) is 1.05. The van der Waals surface area contributed by atoms with Crippen LogP contribution >= 0.6 is 0 Å². The third-order valence-corrected chi connectivity index (χ3v) is 4.44. The van der Waals surface area contributed by atoms with Crippen molar-refractivity contribution < 1.29 is 19.1 Å². The van der Waals surface area contributed by atoms with E-state index in [1.165, 1.54) is 0 Å². The summed E-state index contributed by atoms with van der Waals surface area (Å²) in [6, 6.07) is 7.07. The number of amides is 2. The lowest BCUT2D eigenvalue weighted by Gasteiger charge is -2.29. The SMILES string of the molecule is CCOc1ccc(OCC(=O)N=C2C=CC3C(=C2)NC(=O)C=C3C(C)C)cc1. The number of carbonyl (C=O) groups excluding carboxylic acids is 2. The topological polar surface area (TPSA) is 77.0 Å². The summed E-state index contributed by atoms with van der Waals surface area (Å²) in [5.41, 5.74) is 2.30. The molecule has 6 heteroatoms. The molecule has 0 radical (unpaired) electrons. The van der Waals surface area contributed by atoms with Crippen molar-refractivity contribution in [2.75, 3.05) is 13.2 Å². The predicted molar refractivity (Wildman–Crippen MR) is 107 cm³/mol. The van der Waals surface area contributed by atoms with Gasteiger partial charge in [-0.05, 0) is 54.8 Å². The quantitative estimate of drug-likeness (QED) is 0.822. The summed E-state index contributed by atoms with van der Waals surface area (Å²) in [6.07, 6.45) is 7.15. The van der Waals surface area contributed by atoms with Gasteiger partial charge in [-0.15, -0.1) is 0 Å². The molecule has 0 saturated heterocycles.